The smallest absolute Gasteiger partial charge is 0.302 e. The van der Waals surface area contributed by atoms with Crippen LogP contribution in [0.15, 0.2) is 22.7 Å². The summed E-state index contributed by atoms with van der Waals surface area (Å²) >= 11 is 3.22. The summed E-state index contributed by atoms with van der Waals surface area (Å²) in [7, 11) is -4.61. The van der Waals surface area contributed by atoms with Crippen molar-refractivity contribution in [1.82, 2.24) is 0 Å². The lowest BCUT2D eigenvalue weighted by molar-refractivity contribution is -0.117. The van der Waals surface area contributed by atoms with E-state index in [0.717, 1.165) is 0 Å². The molecule has 1 amide bonds. The van der Waals surface area contributed by atoms with Gasteiger partial charge in [-0.05, 0) is 18.2 Å². The first kappa shape index (κ1) is 15.1. The number of hydrogen-bond donors (Lipinski definition) is 0. The van der Waals surface area contributed by atoms with Crippen LogP contribution < -0.4 is 4.90 Å². The van der Waals surface area contributed by atoms with Gasteiger partial charge in [-0.25, -0.2) is 0 Å². The lowest BCUT2D eigenvalue weighted by Crippen LogP contribution is -2.26. The number of anilines is 1. The van der Waals surface area contributed by atoms with Crippen LogP contribution in [0.3, 0.4) is 0 Å². The van der Waals surface area contributed by atoms with Crippen LogP contribution in [0.5, 0.6) is 0 Å². The van der Waals surface area contributed by atoms with Crippen LogP contribution >= 0.6 is 15.9 Å². The van der Waals surface area contributed by atoms with Gasteiger partial charge >= 0.3 is 10.2 Å². The Kier molecular flexibility index (Phi) is 4.24. The molecule has 0 aliphatic carbocycles. The van der Waals surface area contributed by atoms with Gasteiger partial charge in [-0.3, -0.25) is 9.59 Å². The average molecular weight is 364 g/mol. The first-order valence-electron chi connectivity index (χ1n) is 5.77. The zero-order valence-electron chi connectivity index (χ0n) is 10.3. The van der Waals surface area contributed by atoms with Gasteiger partial charge in [-0.2, -0.15) is 8.42 Å². The van der Waals surface area contributed by atoms with Crippen LogP contribution in [-0.2, 0) is 15.0 Å². The SMILES string of the molecule is O=Cc1cc(Br)ccc1N1CC(CS(=O)(=O)F)CC1=O. The first-order chi connectivity index (χ1) is 9.30. The Balaban J connectivity index is 2.26. The van der Waals surface area contributed by atoms with E-state index in [1.54, 1.807) is 18.2 Å². The number of hydrogen-bond acceptors (Lipinski definition) is 4. The standard InChI is InChI=1S/C12H11BrFNO4S/c13-10-1-2-11(9(4-10)6-16)15-5-8(3-12(15)17)7-20(14,18)19/h1-2,4,6,8H,3,5,7H2. The molecule has 1 aliphatic heterocycles. The molecule has 0 spiro atoms. The maximum Gasteiger partial charge on any atom is 0.302 e. The Labute approximate surface area is 124 Å². The lowest BCUT2D eigenvalue weighted by atomic mass is 10.1. The summed E-state index contributed by atoms with van der Waals surface area (Å²) in [4.78, 5) is 24.3. The molecule has 5 nitrogen and oxygen atoms in total. The van der Waals surface area contributed by atoms with Crippen molar-refractivity contribution in [3.8, 4) is 0 Å². The summed E-state index contributed by atoms with van der Waals surface area (Å²) < 4.78 is 34.7. The van der Waals surface area contributed by atoms with E-state index in [1.165, 1.54) is 4.90 Å². The van der Waals surface area contributed by atoms with Crippen LogP contribution in [0.25, 0.3) is 0 Å². The zero-order valence-corrected chi connectivity index (χ0v) is 12.7. The molecule has 1 aromatic carbocycles. The van der Waals surface area contributed by atoms with Gasteiger partial charge < -0.3 is 4.90 Å². The molecule has 1 unspecified atom stereocenters. The summed E-state index contributed by atoms with van der Waals surface area (Å²) in [6, 6.07) is 4.84. The van der Waals surface area contributed by atoms with Crippen molar-refractivity contribution < 1.29 is 21.9 Å². The average Bonchev–Trinajstić information content (AvgIpc) is 2.67. The predicted octanol–water partition coefficient (Wildman–Crippen LogP) is 1.91. The number of carbonyl (C=O) groups is 2. The summed E-state index contributed by atoms with van der Waals surface area (Å²) in [5.74, 6) is -1.59. The van der Waals surface area contributed by atoms with Crippen LogP contribution in [0.4, 0.5) is 9.57 Å². The quantitative estimate of drug-likeness (QED) is 0.605. The third-order valence-electron chi connectivity index (χ3n) is 3.05. The topological polar surface area (TPSA) is 71.5 Å². The molecular formula is C12H11BrFNO4S. The molecule has 1 aliphatic rings. The number of halogens is 2. The molecule has 20 heavy (non-hydrogen) atoms. The summed E-state index contributed by atoms with van der Waals surface area (Å²) in [6.45, 7) is 0.0878. The largest absolute Gasteiger partial charge is 0.311 e. The highest BCUT2D eigenvalue weighted by Crippen LogP contribution is 2.30. The summed E-state index contributed by atoms with van der Waals surface area (Å²) in [5, 5.41) is 0. The van der Waals surface area contributed by atoms with Crippen LogP contribution in [0, 0.1) is 5.92 Å². The molecule has 0 radical (unpaired) electrons. The maximum atomic E-state index is 12.7. The van der Waals surface area contributed by atoms with Crippen molar-refractivity contribution in [3.63, 3.8) is 0 Å². The van der Waals surface area contributed by atoms with Gasteiger partial charge in [0, 0.05) is 28.9 Å². The molecule has 1 aromatic rings. The fourth-order valence-corrected chi connectivity index (χ4v) is 3.44. The normalized spacial score (nSPS) is 19.4. The number of amides is 1. The Morgan fingerprint density at radius 3 is 2.75 bits per heavy atom. The van der Waals surface area contributed by atoms with E-state index in [-0.39, 0.29) is 18.9 Å². The van der Waals surface area contributed by atoms with E-state index in [2.05, 4.69) is 15.9 Å². The Morgan fingerprint density at radius 1 is 1.45 bits per heavy atom. The van der Waals surface area contributed by atoms with Crippen molar-refractivity contribution in [1.29, 1.82) is 0 Å². The van der Waals surface area contributed by atoms with Gasteiger partial charge in [0.05, 0.1) is 11.4 Å². The van der Waals surface area contributed by atoms with Gasteiger partial charge in [0.1, 0.15) is 0 Å². The van der Waals surface area contributed by atoms with Gasteiger partial charge in [0.15, 0.2) is 6.29 Å². The van der Waals surface area contributed by atoms with Crippen LogP contribution in [0.2, 0.25) is 0 Å². The van der Waals surface area contributed by atoms with Crippen molar-refractivity contribution >= 4 is 44.0 Å². The fourth-order valence-electron chi connectivity index (χ4n) is 2.27. The highest BCUT2D eigenvalue weighted by Gasteiger charge is 2.34. The molecule has 0 bridgehead atoms. The number of rotatable bonds is 4. The predicted molar refractivity (Wildman–Crippen MR) is 74.9 cm³/mol. The molecule has 2 rings (SSSR count). The van der Waals surface area contributed by atoms with Crippen LogP contribution in [-0.4, -0.2) is 32.9 Å². The molecule has 1 atom stereocenters. The molecule has 8 heteroatoms. The highest BCUT2D eigenvalue weighted by atomic mass is 79.9. The first-order valence-corrected chi connectivity index (χ1v) is 8.12. The second-order valence-corrected chi connectivity index (χ2v) is 6.93. The van der Waals surface area contributed by atoms with E-state index in [9.17, 15) is 21.9 Å². The number of carbonyl (C=O) groups excluding carboxylic acids is 2. The fraction of sp³-hybridized carbons (Fsp3) is 0.333. The Morgan fingerprint density at radius 2 is 2.15 bits per heavy atom. The summed E-state index contributed by atoms with van der Waals surface area (Å²) in [6.07, 6.45) is 0.574. The Hall–Kier alpha value is -1.28. The lowest BCUT2D eigenvalue weighted by Gasteiger charge is -2.18. The molecule has 0 N–H and O–H groups in total. The number of aldehydes is 1. The monoisotopic (exact) mass is 363 g/mol. The van der Waals surface area contributed by atoms with Gasteiger partial charge in [0.25, 0.3) is 0 Å². The van der Waals surface area contributed by atoms with E-state index in [1.807, 2.05) is 0 Å². The third kappa shape index (κ3) is 3.43. The van der Waals surface area contributed by atoms with E-state index >= 15 is 0 Å². The van der Waals surface area contributed by atoms with Crippen molar-refractivity contribution in [2.75, 3.05) is 17.2 Å². The second kappa shape index (κ2) is 5.61. The minimum absolute atomic E-state index is 0.0441. The van der Waals surface area contributed by atoms with Gasteiger partial charge in [-0.1, -0.05) is 15.9 Å². The molecule has 1 saturated heterocycles. The highest BCUT2D eigenvalue weighted by molar-refractivity contribution is 9.10. The molecule has 0 saturated carbocycles. The molecule has 0 aromatic heterocycles. The zero-order chi connectivity index (χ0) is 14.9. The molecule has 1 heterocycles. The molecule has 1 fully saturated rings. The number of benzene rings is 1. The third-order valence-corrected chi connectivity index (χ3v) is 4.41. The molecular weight excluding hydrogens is 353 g/mol. The number of nitrogens with zero attached hydrogens (tertiary/aromatic N) is 1. The van der Waals surface area contributed by atoms with Crippen molar-refractivity contribution in [3.05, 3.63) is 28.2 Å². The van der Waals surface area contributed by atoms with E-state index in [0.29, 0.717) is 22.0 Å². The minimum atomic E-state index is -4.61. The van der Waals surface area contributed by atoms with E-state index in [4.69, 9.17) is 0 Å². The molecule has 108 valence electrons. The Bertz CT molecular complexity index is 661. The maximum absolute atomic E-state index is 12.7. The minimum Gasteiger partial charge on any atom is -0.311 e. The summed E-state index contributed by atoms with van der Waals surface area (Å²) in [5.41, 5.74) is 0.725. The van der Waals surface area contributed by atoms with Crippen molar-refractivity contribution in [2.24, 2.45) is 5.92 Å². The van der Waals surface area contributed by atoms with Crippen LogP contribution in [0.1, 0.15) is 16.8 Å². The van der Waals surface area contributed by atoms with Gasteiger partial charge in [0.2, 0.25) is 5.91 Å². The van der Waals surface area contributed by atoms with Crippen molar-refractivity contribution in [2.45, 2.75) is 6.42 Å². The second-order valence-electron chi connectivity index (χ2n) is 4.60. The van der Waals surface area contributed by atoms with Gasteiger partial charge in [-0.15, -0.1) is 3.89 Å². The van der Waals surface area contributed by atoms with E-state index < -0.39 is 21.9 Å².